The van der Waals surface area contributed by atoms with E-state index in [0.717, 1.165) is 24.2 Å². The first-order valence-corrected chi connectivity index (χ1v) is 7.69. The van der Waals surface area contributed by atoms with E-state index >= 15 is 0 Å². The van der Waals surface area contributed by atoms with Gasteiger partial charge in [0.05, 0.1) is 12.6 Å². The maximum absolute atomic E-state index is 13.1. The van der Waals surface area contributed by atoms with E-state index in [2.05, 4.69) is 15.0 Å². The van der Waals surface area contributed by atoms with Gasteiger partial charge < -0.3 is 9.63 Å². The molecule has 2 fully saturated rings. The smallest absolute Gasteiger partial charge is 0.240 e. The molecule has 2 aromatic rings. The summed E-state index contributed by atoms with van der Waals surface area (Å²) in [5, 5.41) is 14.0. The molecule has 2 aliphatic rings. The van der Waals surface area contributed by atoms with Gasteiger partial charge in [0.25, 0.3) is 0 Å². The lowest BCUT2D eigenvalue weighted by Gasteiger charge is -2.22. The summed E-state index contributed by atoms with van der Waals surface area (Å²) in [6, 6.07) is 6.50. The van der Waals surface area contributed by atoms with Crippen molar-refractivity contribution >= 4 is 0 Å². The normalized spacial score (nSPS) is 25.7. The number of likely N-dealkylation sites (tertiary alicyclic amines) is 1. The molecule has 2 atom stereocenters. The van der Waals surface area contributed by atoms with Crippen molar-refractivity contribution in [2.24, 2.45) is 0 Å². The van der Waals surface area contributed by atoms with Crippen LogP contribution in [0.5, 0.6) is 0 Å². The monoisotopic (exact) mass is 303 g/mol. The standard InChI is InChI=1S/C16H18FN3O2/c17-12-5-3-10(4-6-12)14-7-13(21)8-20(14)9-15-18-16(19-22-15)11-1-2-11/h3-6,11,13-14,21H,1-2,7-9H2/t13-,14+/m0/s1. The fourth-order valence-electron chi connectivity index (χ4n) is 3.10. The van der Waals surface area contributed by atoms with E-state index in [1.54, 1.807) is 12.1 Å². The lowest BCUT2D eigenvalue weighted by molar-refractivity contribution is 0.164. The number of aliphatic hydroxyl groups is 1. The lowest BCUT2D eigenvalue weighted by Crippen LogP contribution is -2.24. The highest BCUT2D eigenvalue weighted by Crippen LogP contribution is 2.38. The molecule has 2 heterocycles. The van der Waals surface area contributed by atoms with E-state index in [-0.39, 0.29) is 18.0 Å². The van der Waals surface area contributed by atoms with Crippen LogP contribution in [0.3, 0.4) is 0 Å². The third kappa shape index (κ3) is 2.76. The Bertz CT molecular complexity index is 654. The molecule has 0 amide bonds. The predicted molar refractivity (Wildman–Crippen MR) is 76.4 cm³/mol. The van der Waals surface area contributed by atoms with Crippen molar-refractivity contribution in [3.8, 4) is 0 Å². The van der Waals surface area contributed by atoms with E-state index in [1.165, 1.54) is 12.1 Å². The first-order chi connectivity index (χ1) is 10.7. The Morgan fingerprint density at radius 2 is 2.05 bits per heavy atom. The molecule has 1 aromatic carbocycles. The molecule has 1 saturated heterocycles. The molecule has 1 aliphatic carbocycles. The molecule has 4 rings (SSSR count). The number of aromatic nitrogens is 2. The van der Waals surface area contributed by atoms with Gasteiger partial charge >= 0.3 is 0 Å². The summed E-state index contributed by atoms with van der Waals surface area (Å²) >= 11 is 0. The summed E-state index contributed by atoms with van der Waals surface area (Å²) < 4.78 is 18.4. The number of nitrogens with zero attached hydrogens (tertiary/aromatic N) is 3. The molecule has 1 aromatic heterocycles. The van der Waals surface area contributed by atoms with Gasteiger partial charge in [0, 0.05) is 18.5 Å². The third-order valence-corrected chi connectivity index (χ3v) is 4.40. The zero-order valence-corrected chi connectivity index (χ0v) is 12.2. The molecule has 5 nitrogen and oxygen atoms in total. The van der Waals surface area contributed by atoms with Gasteiger partial charge in [-0.2, -0.15) is 4.98 Å². The van der Waals surface area contributed by atoms with Crippen LogP contribution < -0.4 is 0 Å². The minimum absolute atomic E-state index is 0.0480. The molecule has 1 N–H and O–H groups in total. The Kier molecular flexibility index (Phi) is 3.43. The highest BCUT2D eigenvalue weighted by molar-refractivity contribution is 5.21. The predicted octanol–water partition coefficient (Wildman–Crippen LogP) is 2.39. The minimum atomic E-state index is -0.388. The largest absolute Gasteiger partial charge is 0.392 e. The number of hydrogen-bond donors (Lipinski definition) is 1. The van der Waals surface area contributed by atoms with Gasteiger partial charge in [-0.05, 0) is 37.0 Å². The topological polar surface area (TPSA) is 62.4 Å². The van der Waals surface area contributed by atoms with Gasteiger partial charge in [0.15, 0.2) is 5.82 Å². The van der Waals surface area contributed by atoms with E-state index in [0.29, 0.717) is 31.3 Å². The zero-order chi connectivity index (χ0) is 15.1. The maximum Gasteiger partial charge on any atom is 0.240 e. The van der Waals surface area contributed by atoms with Gasteiger partial charge in [0.2, 0.25) is 5.89 Å². The number of β-amino-alcohol motifs (C(OH)–C–C–N with tert-alkyl or cyclic N) is 1. The van der Waals surface area contributed by atoms with Crippen molar-refractivity contribution in [1.82, 2.24) is 15.0 Å². The summed E-state index contributed by atoms with van der Waals surface area (Å²) in [6.45, 7) is 1.07. The Labute approximate surface area is 127 Å². The minimum Gasteiger partial charge on any atom is -0.392 e. The van der Waals surface area contributed by atoms with E-state index in [1.807, 2.05) is 0 Å². The summed E-state index contributed by atoms with van der Waals surface area (Å²) in [6.07, 6.45) is 2.52. The van der Waals surface area contributed by atoms with Crippen molar-refractivity contribution < 1.29 is 14.0 Å². The highest BCUT2D eigenvalue weighted by atomic mass is 19.1. The van der Waals surface area contributed by atoms with Crippen LogP contribution >= 0.6 is 0 Å². The van der Waals surface area contributed by atoms with E-state index in [4.69, 9.17) is 4.52 Å². The van der Waals surface area contributed by atoms with Crippen molar-refractivity contribution in [2.75, 3.05) is 6.54 Å². The molecular weight excluding hydrogens is 285 g/mol. The molecule has 1 saturated carbocycles. The second-order valence-electron chi connectivity index (χ2n) is 6.21. The second-order valence-corrected chi connectivity index (χ2v) is 6.21. The quantitative estimate of drug-likeness (QED) is 0.939. The highest BCUT2D eigenvalue weighted by Gasteiger charge is 2.34. The van der Waals surface area contributed by atoms with Crippen LogP contribution in [0.1, 0.15) is 48.5 Å². The number of aliphatic hydroxyl groups excluding tert-OH is 1. The van der Waals surface area contributed by atoms with Crippen molar-refractivity contribution in [3.63, 3.8) is 0 Å². The Morgan fingerprint density at radius 3 is 2.77 bits per heavy atom. The number of hydrogen-bond acceptors (Lipinski definition) is 5. The van der Waals surface area contributed by atoms with Crippen LogP contribution in [-0.2, 0) is 6.54 Å². The third-order valence-electron chi connectivity index (χ3n) is 4.40. The molecule has 0 spiro atoms. The van der Waals surface area contributed by atoms with Crippen LogP contribution in [0.15, 0.2) is 28.8 Å². The van der Waals surface area contributed by atoms with Crippen molar-refractivity contribution in [3.05, 3.63) is 47.4 Å². The first kappa shape index (κ1) is 13.8. The van der Waals surface area contributed by atoms with Crippen LogP contribution in [0.25, 0.3) is 0 Å². The number of benzene rings is 1. The molecule has 0 radical (unpaired) electrons. The second kappa shape index (κ2) is 5.44. The molecule has 0 bridgehead atoms. The number of halogens is 1. The van der Waals surface area contributed by atoms with Gasteiger partial charge in [-0.25, -0.2) is 4.39 Å². The summed E-state index contributed by atoms with van der Waals surface area (Å²) in [4.78, 5) is 6.56. The van der Waals surface area contributed by atoms with Crippen LogP contribution in [0, 0.1) is 5.82 Å². The summed E-state index contributed by atoms with van der Waals surface area (Å²) in [5.74, 6) is 1.60. The lowest BCUT2D eigenvalue weighted by atomic mass is 10.0. The average Bonchev–Trinajstić information content (AvgIpc) is 3.15. The van der Waals surface area contributed by atoms with Gasteiger partial charge in [-0.15, -0.1) is 0 Å². The van der Waals surface area contributed by atoms with E-state index in [9.17, 15) is 9.50 Å². The zero-order valence-electron chi connectivity index (χ0n) is 12.2. The van der Waals surface area contributed by atoms with Crippen LogP contribution in [-0.4, -0.2) is 32.8 Å². The number of rotatable bonds is 4. The molecular formula is C16H18FN3O2. The van der Waals surface area contributed by atoms with Crippen molar-refractivity contribution in [2.45, 2.75) is 43.9 Å². The Balaban J connectivity index is 1.51. The average molecular weight is 303 g/mol. The van der Waals surface area contributed by atoms with Crippen LogP contribution in [0.4, 0.5) is 4.39 Å². The van der Waals surface area contributed by atoms with Gasteiger partial charge in [-0.1, -0.05) is 17.3 Å². The molecule has 22 heavy (non-hydrogen) atoms. The molecule has 6 heteroatoms. The first-order valence-electron chi connectivity index (χ1n) is 7.69. The van der Waals surface area contributed by atoms with Crippen LogP contribution in [0.2, 0.25) is 0 Å². The Hall–Kier alpha value is -1.79. The Morgan fingerprint density at radius 1 is 1.27 bits per heavy atom. The summed E-state index contributed by atoms with van der Waals surface area (Å²) in [5.41, 5.74) is 1.000. The van der Waals surface area contributed by atoms with Gasteiger partial charge in [-0.3, -0.25) is 4.90 Å². The van der Waals surface area contributed by atoms with Gasteiger partial charge in [0.1, 0.15) is 5.82 Å². The molecule has 116 valence electrons. The fraction of sp³-hybridized carbons (Fsp3) is 0.500. The maximum atomic E-state index is 13.1. The van der Waals surface area contributed by atoms with E-state index < -0.39 is 0 Å². The SMILES string of the molecule is O[C@H]1C[C@H](c2ccc(F)cc2)N(Cc2nc(C3CC3)no2)C1. The molecule has 1 aliphatic heterocycles. The van der Waals surface area contributed by atoms with Crippen molar-refractivity contribution in [1.29, 1.82) is 0 Å². The fourth-order valence-corrected chi connectivity index (χ4v) is 3.10. The summed E-state index contributed by atoms with van der Waals surface area (Å²) in [7, 11) is 0. The molecule has 0 unspecified atom stereocenters.